The highest BCUT2D eigenvalue weighted by atomic mass is 35.5. The fourth-order valence-corrected chi connectivity index (χ4v) is 5.21. The third kappa shape index (κ3) is 5.10. The maximum absolute atomic E-state index is 13.1. The second-order valence-corrected chi connectivity index (χ2v) is 8.55. The molecule has 2 unspecified atom stereocenters. The maximum atomic E-state index is 13.1. The molecule has 6 nitrogen and oxygen atoms in total. The van der Waals surface area contributed by atoms with Gasteiger partial charge in [-0.25, -0.2) is 0 Å². The summed E-state index contributed by atoms with van der Waals surface area (Å²) in [5.41, 5.74) is 7.55. The van der Waals surface area contributed by atoms with Crippen LogP contribution >= 0.6 is 24.8 Å². The summed E-state index contributed by atoms with van der Waals surface area (Å²) in [6.45, 7) is 6.89. The van der Waals surface area contributed by atoms with Crippen LogP contribution in [0, 0.1) is 5.92 Å². The second kappa shape index (κ2) is 10.8. The molecule has 1 aromatic rings. The smallest absolute Gasteiger partial charge is 0.228 e. The van der Waals surface area contributed by atoms with Gasteiger partial charge in [0.2, 0.25) is 11.8 Å². The number of hydrogen-bond donors (Lipinski definition) is 1. The van der Waals surface area contributed by atoms with Gasteiger partial charge in [-0.2, -0.15) is 0 Å². The predicted octanol–water partition coefficient (Wildman–Crippen LogP) is 2.12. The van der Waals surface area contributed by atoms with Crippen LogP contribution in [0.15, 0.2) is 30.3 Å². The van der Waals surface area contributed by atoms with Crippen molar-refractivity contribution in [2.24, 2.45) is 11.7 Å². The fourth-order valence-electron chi connectivity index (χ4n) is 5.21. The normalized spacial score (nSPS) is 29.1. The summed E-state index contributed by atoms with van der Waals surface area (Å²) in [7, 11) is 0. The van der Waals surface area contributed by atoms with Crippen molar-refractivity contribution in [2.75, 3.05) is 39.3 Å². The first-order chi connectivity index (χ1) is 13.6. The van der Waals surface area contributed by atoms with Gasteiger partial charge in [0, 0.05) is 50.6 Å². The molecule has 3 aliphatic rings. The zero-order valence-electron chi connectivity index (χ0n) is 17.6. The number of hydrogen-bond acceptors (Lipinski definition) is 4. The molecule has 0 spiro atoms. The van der Waals surface area contributed by atoms with Gasteiger partial charge in [0.25, 0.3) is 0 Å². The third-order valence-electron chi connectivity index (χ3n) is 6.80. The average Bonchev–Trinajstić information content (AvgIpc) is 3.41. The lowest BCUT2D eigenvalue weighted by Crippen LogP contribution is -2.42. The van der Waals surface area contributed by atoms with Gasteiger partial charge in [-0.3, -0.25) is 14.5 Å². The van der Waals surface area contributed by atoms with Crippen molar-refractivity contribution in [1.82, 2.24) is 14.7 Å². The predicted molar refractivity (Wildman–Crippen MR) is 123 cm³/mol. The van der Waals surface area contributed by atoms with Crippen molar-refractivity contribution < 1.29 is 9.59 Å². The van der Waals surface area contributed by atoms with Crippen LogP contribution in [-0.2, 0) is 9.59 Å². The highest BCUT2D eigenvalue weighted by Gasteiger charge is 2.41. The molecule has 2 N–H and O–H groups in total. The van der Waals surface area contributed by atoms with Crippen molar-refractivity contribution in [3.8, 4) is 0 Å². The van der Waals surface area contributed by atoms with E-state index in [0.717, 1.165) is 26.1 Å². The Morgan fingerprint density at radius 2 is 1.87 bits per heavy atom. The topological polar surface area (TPSA) is 69.9 Å². The van der Waals surface area contributed by atoms with Crippen LogP contribution in [0.1, 0.15) is 37.7 Å². The van der Waals surface area contributed by atoms with Crippen LogP contribution < -0.4 is 5.73 Å². The molecule has 3 heterocycles. The number of carbonyl (C=O) groups excluding carboxylic acids is 2. The number of rotatable bonds is 5. The molecule has 1 aromatic carbocycles. The fraction of sp³-hybridized carbons (Fsp3) is 0.636. The van der Waals surface area contributed by atoms with Crippen molar-refractivity contribution >= 4 is 36.6 Å². The van der Waals surface area contributed by atoms with E-state index in [2.05, 4.69) is 24.0 Å². The largest absolute Gasteiger partial charge is 0.340 e. The van der Waals surface area contributed by atoms with Gasteiger partial charge in [0.15, 0.2) is 0 Å². The third-order valence-corrected chi connectivity index (χ3v) is 6.80. The van der Waals surface area contributed by atoms with Gasteiger partial charge in [0.1, 0.15) is 0 Å². The molecule has 0 bridgehead atoms. The quantitative estimate of drug-likeness (QED) is 0.736. The Morgan fingerprint density at radius 1 is 1.13 bits per heavy atom. The van der Waals surface area contributed by atoms with Crippen molar-refractivity contribution in [1.29, 1.82) is 0 Å². The monoisotopic (exact) mass is 456 g/mol. The van der Waals surface area contributed by atoms with Gasteiger partial charge >= 0.3 is 0 Å². The highest BCUT2D eigenvalue weighted by molar-refractivity contribution is 5.89. The summed E-state index contributed by atoms with van der Waals surface area (Å²) in [4.78, 5) is 31.9. The molecule has 3 fully saturated rings. The lowest BCUT2D eigenvalue weighted by molar-refractivity contribution is -0.134. The van der Waals surface area contributed by atoms with E-state index in [9.17, 15) is 9.59 Å². The minimum Gasteiger partial charge on any atom is -0.340 e. The van der Waals surface area contributed by atoms with E-state index in [1.807, 2.05) is 28.0 Å². The Morgan fingerprint density at radius 3 is 2.57 bits per heavy atom. The van der Waals surface area contributed by atoms with E-state index in [1.165, 1.54) is 12.0 Å². The zero-order chi connectivity index (χ0) is 19.7. The van der Waals surface area contributed by atoms with Gasteiger partial charge in [-0.1, -0.05) is 37.3 Å². The molecule has 8 heteroatoms. The molecule has 0 saturated carbocycles. The Hall–Kier alpha value is -1.34. The highest BCUT2D eigenvalue weighted by Crippen LogP contribution is 2.30. The summed E-state index contributed by atoms with van der Waals surface area (Å²) in [6, 6.07) is 10.6. The minimum atomic E-state index is -0.217. The molecule has 4 rings (SSSR count). The standard InChI is InChI=1S/C22H32N4O2.2ClH/c1-2-24-10-6-9-18(24)13-25-12-17(11-21(25)27)22(28)26-14-19(20(23)15-26)16-7-4-3-5-8-16;;/h3-5,7-8,17-20H,2,6,9-15,23H2,1H3;2*1H/t17?,18?,19-,20+;;/m0../s1. The summed E-state index contributed by atoms with van der Waals surface area (Å²) < 4.78 is 0. The van der Waals surface area contributed by atoms with Crippen LogP contribution in [0.5, 0.6) is 0 Å². The van der Waals surface area contributed by atoms with Crippen LogP contribution in [0.25, 0.3) is 0 Å². The van der Waals surface area contributed by atoms with Crippen molar-refractivity contribution in [3.63, 3.8) is 0 Å². The first-order valence-electron chi connectivity index (χ1n) is 10.7. The lowest BCUT2D eigenvalue weighted by atomic mass is 9.95. The molecule has 30 heavy (non-hydrogen) atoms. The van der Waals surface area contributed by atoms with Gasteiger partial charge < -0.3 is 15.5 Å². The lowest BCUT2D eigenvalue weighted by Gasteiger charge is -2.28. The Kier molecular flexibility index (Phi) is 8.98. The van der Waals surface area contributed by atoms with Gasteiger partial charge in [-0.15, -0.1) is 24.8 Å². The SMILES string of the molecule is CCN1CCCC1CN1CC(C(=O)N2C[C@@H](N)[C@H](c3ccccc3)C2)CC1=O.Cl.Cl. The van der Waals surface area contributed by atoms with Crippen molar-refractivity contribution in [2.45, 2.75) is 44.2 Å². The van der Waals surface area contributed by atoms with Crippen LogP contribution in [-0.4, -0.2) is 77.9 Å². The number of benzene rings is 1. The zero-order valence-corrected chi connectivity index (χ0v) is 19.2. The molecule has 0 aliphatic carbocycles. The number of halogens is 2. The number of nitrogens with zero attached hydrogens (tertiary/aromatic N) is 3. The number of nitrogens with two attached hydrogens (primary N) is 1. The number of amides is 2. The van der Waals surface area contributed by atoms with E-state index in [0.29, 0.717) is 32.1 Å². The van der Waals surface area contributed by atoms with Gasteiger partial charge in [0.05, 0.1) is 5.92 Å². The molecule has 4 atom stereocenters. The Balaban J connectivity index is 0.00000160. The molecule has 0 aromatic heterocycles. The summed E-state index contributed by atoms with van der Waals surface area (Å²) >= 11 is 0. The first-order valence-corrected chi connectivity index (χ1v) is 10.7. The van der Waals surface area contributed by atoms with E-state index in [1.54, 1.807) is 0 Å². The number of carbonyl (C=O) groups is 2. The summed E-state index contributed by atoms with van der Waals surface area (Å²) in [6.07, 6.45) is 2.70. The molecule has 3 aliphatic heterocycles. The molecule has 2 amide bonds. The molecule has 168 valence electrons. The van der Waals surface area contributed by atoms with Gasteiger partial charge in [-0.05, 0) is 31.5 Å². The first kappa shape index (κ1) is 24.9. The number of likely N-dealkylation sites (tertiary alicyclic amines) is 3. The van der Waals surface area contributed by atoms with Crippen molar-refractivity contribution in [3.05, 3.63) is 35.9 Å². The molecule has 0 radical (unpaired) electrons. The van der Waals surface area contributed by atoms with E-state index < -0.39 is 0 Å². The Labute approximate surface area is 192 Å². The van der Waals surface area contributed by atoms with Crippen LogP contribution in [0.3, 0.4) is 0 Å². The van der Waals surface area contributed by atoms with E-state index in [-0.39, 0.29) is 54.5 Å². The van der Waals surface area contributed by atoms with Crippen LogP contribution in [0.2, 0.25) is 0 Å². The second-order valence-electron chi connectivity index (χ2n) is 8.55. The maximum Gasteiger partial charge on any atom is 0.228 e. The van der Waals surface area contributed by atoms with E-state index >= 15 is 0 Å². The molecular formula is C22H34Cl2N4O2. The minimum absolute atomic E-state index is 0. The Bertz CT molecular complexity index is 720. The number of likely N-dealkylation sites (N-methyl/N-ethyl adjacent to an activating group) is 1. The van der Waals surface area contributed by atoms with Crippen LogP contribution in [0.4, 0.5) is 0 Å². The summed E-state index contributed by atoms with van der Waals surface area (Å²) in [5.74, 6) is 0.188. The van der Waals surface area contributed by atoms with E-state index in [4.69, 9.17) is 5.73 Å². The average molecular weight is 457 g/mol. The molecular weight excluding hydrogens is 423 g/mol. The molecule has 3 saturated heterocycles. The summed E-state index contributed by atoms with van der Waals surface area (Å²) in [5, 5.41) is 0.